The second kappa shape index (κ2) is 5.92. The number of hydrogen-bond acceptors (Lipinski definition) is 2. The number of amides is 1. The zero-order chi connectivity index (χ0) is 11.3. The Kier molecular flexibility index (Phi) is 4.84. The molecular weight excluding hydrogens is 260 g/mol. The highest BCUT2D eigenvalue weighted by Crippen LogP contribution is 2.10. The number of rotatable bonds is 5. The van der Waals surface area contributed by atoms with Crippen molar-refractivity contribution in [2.45, 2.75) is 19.4 Å². The zero-order valence-electron chi connectivity index (χ0n) is 8.84. The monoisotopic (exact) mass is 274 g/mol. The Morgan fingerprint density at radius 2 is 2.47 bits per heavy atom. The van der Waals surface area contributed by atoms with Gasteiger partial charge in [0.2, 0.25) is 0 Å². The minimum atomic E-state index is -0.0932. The van der Waals surface area contributed by atoms with E-state index < -0.39 is 0 Å². The predicted molar refractivity (Wildman–Crippen MR) is 61.9 cm³/mol. The molecule has 1 atom stereocenters. The summed E-state index contributed by atoms with van der Waals surface area (Å²) in [6.45, 7) is 2.60. The molecule has 84 valence electrons. The highest BCUT2D eigenvalue weighted by Gasteiger charge is 2.10. The van der Waals surface area contributed by atoms with E-state index >= 15 is 0 Å². The summed E-state index contributed by atoms with van der Waals surface area (Å²) in [4.78, 5) is 14.5. The fourth-order valence-corrected chi connectivity index (χ4v) is 1.51. The van der Waals surface area contributed by atoms with Crippen LogP contribution in [0, 0.1) is 0 Å². The maximum Gasteiger partial charge on any atom is 0.267 e. The van der Waals surface area contributed by atoms with E-state index in [-0.39, 0.29) is 11.9 Å². The number of ether oxygens (including phenoxy) is 1. The molecule has 0 bridgehead atoms. The van der Waals surface area contributed by atoms with Gasteiger partial charge < -0.3 is 15.0 Å². The minimum absolute atomic E-state index is 0.0932. The number of hydrogen-bond donors (Lipinski definition) is 2. The molecule has 0 saturated heterocycles. The first-order valence-electron chi connectivity index (χ1n) is 4.77. The average molecular weight is 275 g/mol. The van der Waals surface area contributed by atoms with Crippen LogP contribution in [0.15, 0.2) is 16.7 Å². The summed E-state index contributed by atoms with van der Waals surface area (Å²) in [7, 11) is 1.65. The summed E-state index contributed by atoms with van der Waals surface area (Å²) >= 11 is 3.28. The Hall–Kier alpha value is -0.810. The van der Waals surface area contributed by atoms with Gasteiger partial charge in [0, 0.05) is 30.4 Å². The topological polar surface area (TPSA) is 54.1 Å². The molecule has 0 saturated carbocycles. The van der Waals surface area contributed by atoms with Crippen LogP contribution in [0.4, 0.5) is 0 Å². The fraction of sp³-hybridized carbons (Fsp3) is 0.500. The van der Waals surface area contributed by atoms with Crippen molar-refractivity contribution in [3.63, 3.8) is 0 Å². The van der Waals surface area contributed by atoms with Gasteiger partial charge in [-0.2, -0.15) is 0 Å². The Labute approximate surface area is 97.5 Å². The van der Waals surface area contributed by atoms with E-state index in [2.05, 4.69) is 26.2 Å². The van der Waals surface area contributed by atoms with E-state index in [1.54, 1.807) is 19.4 Å². The molecule has 1 amide bonds. The second-order valence-corrected chi connectivity index (χ2v) is 4.30. The van der Waals surface area contributed by atoms with E-state index in [0.717, 1.165) is 10.9 Å². The quantitative estimate of drug-likeness (QED) is 0.862. The van der Waals surface area contributed by atoms with Crippen LogP contribution in [-0.4, -0.2) is 30.6 Å². The number of aromatic amines is 1. The fourth-order valence-electron chi connectivity index (χ4n) is 1.17. The van der Waals surface area contributed by atoms with Crippen molar-refractivity contribution < 1.29 is 9.53 Å². The molecule has 5 heteroatoms. The number of carbonyl (C=O) groups is 1. The van der Waals surface area contributed by atoms with Gasteiger partial charge >= 0.3 is 0 Å². The van der Waals surface area contributed by atoms with Gasteiger partial charge in [-0.05, 0) is 35.3 Å². The average Bonchev–Trinajstić information content (AvgIpc) is 2.61. The summed E-state index contributed by atoms with van der Waals surface area (Å²) < 4.78 is 5.81. The van der Waals surface area contributed by atoms with Crippen molar-refractivity contribution in [3.8, 4) is 0 Å². The lowest BCUT2D eigenvalue weighted by Gasteiger charge is -2.12. The lowest BCUT2D eigenvalue weighted by Crippen LogP contribution is -2.33. The zero-order valence-corrected chi connectivity index (χ0v) is 10.4. The SMILES string of the molecule is COCCC(C)NC(=O)c1cc(Br)c[nH]1. The molecule has 1 aromatic heterocycles. The number of nitrogens with one attached hydrogen (secondary N) is 2. The standard InChI is InChI=1S/C10H15BrN2O2/c1-7(3-4-15-2)13-10(14)9-5-8(11)6-12-9/h5-7,12H,3-4H2,1-2H3,(H,13,14). The molecule has 0 aromatic carbocycles. The summed E-state index contributed by atoms with van der Waals surface area (Å²) in [6.07, 6.45) is 2.54. The Balaban J connectivity index is 2.42. The summed E-state index contributed by atoms with van der Waals surface area (Å²) in [6, 6.07) is 1.86. The molecule has 1 aromatic rings. The molecule has 4 nitrogen and oxygen atoms in total. The largest absolute Gasteiger partial charge is 0.385 e. The van der Waals surface area contributed by atoms with Crippen molar-refractivity contribution in [1.82, 2.24) is 10.3 Å². The van der Waals surface area contributed by atoms with Crippen LogP contribution in [0.25, 0.3) is 0 Å². The number of aromatic nitrogens is 1. The van der Waals surface area contributed by atoms with E-state index in [1.165, 1.54) is 0 Å². The molecule has 0 fully saturated rings. The van der Waals surface area contributed by atoms with Gasteiger partial charge in [0.15, 0.2) is 0 Å². The number of halogens is 1. The van der Waals surface area contributed by atoms with Crippen LogP contribution in [0.5, 0.6) is 0 Å². The number of H-pyrrole nitrogens is 1. The second-order valence-electron chi connectivity index (χ2n) is 3.39. The Morgan fingerprint density at radius 1 is 1.73 bits per heavy atom. The maximum absolute atomic E-state index is 11.6. The molecule has 15 heavy (non-hydrogen) atoms. The van der Waals surface area contributed by atoms with Crippen LogP contribution in [-0.2, 0) is 4.74 Å². The van der Waals surface area contributed by atoms with Gasteiger partial charge in [-0.1, -0.05) is 0 Å². The molecule has 0 spiro atoms. The smallest absolute Gasteiger partial charge is 0.267 e. The van der Waals surface area contributed by atoms with E-state index in [4.69, 9.17) is 4.74 Å². The molecule has 1 heterocycles. The Bertz CT molecular complexity index is 325. The third-order valence-corrected chi connectivity index (χ3v) is 2.48. The highest BCUT2D eigenvalue weighted by atomic mass is 79.9. The van der Waals surface area contributed by atoms with Gasteiger partial charge in [-0.3, -0.25) is 4.79 Å². The molecule has 1 unspecified atom stereocenters. The van der Waals surface area contributed by atoms with Crippen LogP contribution < -0.4 is 5.32 Å². The molecule has 0 aliphatic carbocycles. The van der Waals surface area contributed by atoms with Crippen LogP contribution in [0.3, 0.4) is 0 Å². The van der Waals surface area contributed by atoms with Gasteiger partial charge in [-0.25, -0.2) is 0 Å². The molecule has 0 aliphatic heterocycles. The first-order chi connectivity index (χ1) is 7.13. The predicted octanol–water partition coefficient (Wildman–Crippen LogP) is 1.93. The lowest BCUT2D eigenvalue weighted by atomic mass is 10.2. The maximum atomic E-state index is 11.6. The van der Waals surface area contributed by atoms with Gasteiger partial charge in [0.1, 0.15) is 5.69 Å². The lowest BCUT2D eigenvalue weighted by molar-refractivity contribution is 0.0925. The number of carbonyl (C=O) groups excluding carboxylic acids is 1. The molecule has 0 radical (unpaired) electrons. The highest BCUT2D eigenvalue weighted by molar-refractivity contribution is 9.10. The van der Waals surface area contributed by atoms with Crippen molar-refractivity contribution in [3.05, 3.63) is 22.4 Å². The Morgan fingerprint density at radius 3 is 3.00 bits per heavy atom. The van der Waals surface area contributed by atoms with E-state index in [9.17, 15) is 4.79 Å². The molecular formula is C10H15BrN2O2. The van der Waals surface area contributed by atoms with Gasteiger partial charge in [0.05, 0.1) is 0 Å². The van der Waals surface area contributed by atoms with Gasteiger partial charge in [0.25, 0.3) is 5.91 Å². The summed E-state index contributed by atoms with van der Waals surface area (Å²) in [5.74, 6) is -0.0932. The first-order valence-corrected chi connectivity index (χ1v) is 5.56. The van der Waals surface area contributed by atoms with Gasteiger partial charge in [-0.15, -0.1) is 0 Å². The number of methoxy groups -OCH3 is 1. The molecule has 2 N–H and O–H groups in total. The first kappa shape index (κ1) is 12.3. The summed E-state index contributed by atoms with van der Waals surface area (Å²) in [5.41, 5.74) is 0.561. The van der Waals surface area contributed by atoms with Crippen molar-refractivity contribution in [2.75, 3.05) is 13.7 Å². The van der Waals surface area contributed by atoms with E-state index in [0.29, 0.717) is 12.3 Å². The van der Waals surface area contributed by atoms with Crippen LogP contribution in [0.2, 0.25) is 0 Å². The molecule has 0 aliphatic rings. The van der Waals surface area contributed by atoms with Crippen LogP contribution >= 0.6 is 15.9 Å². The van der Waals surface area contributed by atoms with Crippen LogP contribution in [0.1, 0.15) is 23.8 Å². The summed E-state index contributed by atoms with van der Waals surface area (Å²) in [5, 5.41) is 2.87. The third-order valence-electron chi connectivity index (χ3n) is 2.02. The molecule has 1 rings (SSSR count). The normalized spacial score (nSPS) is 12.5. The third kappa shape index (κ3) is 4.05. The van der Waals surface area contributed by atoms with Crippen molar-refractivity contribution >= 4 is 21.8 Å². The minimum Gasteiger partial charge on any atom is -0.385 e. The van der Waals surface area contributed by atoms with E-state index in [1.807, 2.05) is 6.92 Å². The van der Waals surface area contributed by atoms with Crippen molar-refractivity contribution in [2.24, 2.45) is 0 Å². The van der Waals surface area contributed by atoms with Crippen molar-refractivity contribution in [1.29, 1.82) is 0 Å².